The maximum absolute atomic E-state index is 12.0. The molecular weight excluding hydrogens is 240 g/mol. The second-order valence-electron chi connectivity index (χ2n) is 5.52. The van der Waals surface area contributed by atoms with Gasteiger partial charge in [-0.3, -0.25) is 14.4 Å². The number of hydrogen-bond acceptors (Lipinski definition) is 3. The second-order valence-corrected chi connectivity index (χ2v) is 5.52. The lowest BCUT2D eigenvalue weighted by atomic mass is 10.2. The van der Waals surface area contributed by atoms with Gasteiger partial charge >= 0.3 is 0 Å². The molecule has 1 unspecified atom stereocenters. The highest BCUT2D eigenvalue weighted by atomic mass is 16.2. The first-order valence-corrected chi connectivity index (χ1v) is 7.05. The number of aromatic nitrogens is 2. The molecule has 1 amide bonds. The van der Waals surface area contributed by atoms with Crippen molar-refractivity contribution in [3.8, 4) is 0 Å². The van der Waals surface area contributed by atoms with Crippen molar-refractivity contribution in [1.29, 1.82) is 0 Å². The molecule has 5 heteroatoms. The molecule has 0 spiro atoms. The van der Waals surface area contributed by atoms with E-state index in [9.17, 15) is 4.79 Å². The molecule has 1 atom stereocenters. The van der Waals surface area contributed by atoms with E-state index in [-0.39, 0.29) is 5.91 Å². The van der Waals surface area contributed by atoms with Crippen molar-refractivity contribution >= 4 is 5.91 Å². The second kappa shape index (κ2) is 5.74. The van der Waals surface area contributed by atoms with E-state index >= 15 is 0 Å². The fourth-order valence-corrected chi connectivity index (χ4v) is 2.46. The Morgan fingerprint density at radius 3 is 2.84 bits per heavy atom. The largest absolute Gasteiger partial charge is 0.343 e. The Labute approximate surface area is 115 Å². The van der Waals surface area contributed by atoms with Gasteiger partial charge in [0.2, 0.25) is 0 Å². The third-order valence-electron chi connectivity index (χ3n) is 3.88. The molecule has 0 fully saturated rings. The van der Waals surface area contributed by atoms with Crippen molar-refractivity contribution in [2.24, 2.45) is 0 Å². The van der Waals surface area contributed by atoms with Gasteiger partial charge < -0.3 is 4.90 Å². The van der Waals surface area contributed by atoms with Crippen molar-refractivity contribution in [2.45, 2.75) is 45.8 Å². The van der Waals surface area contributed by atoms with E-state index in [2.05, 4.69) is 23.8 Å². The molecule has 0 aromatic carbocycles. The van der Waals surface area contributed by atoms with Crippen LogP contribution in [0.1, 0.15) is 42.9 Å². The third kappa shape index (κ3) is 2.97. The summed E-state index contributed by atoms with van der Waals surface area (Å²) in [6.45, 7) is 7.38. The molecule has 1 aliphatic rings. The van der Waals surface area contributed by atoms with E-state index in [0.717, 1.165) is 38.2 Å². The van der Waals surface area contributed by atoms with Crippen LogP contribution in [-0.4, -0.2) is 52.2 Å². The van der Waals surface area contributed by atoms with Crippen molar-refractivity contribution < 1.29 is 4.79 Å². The summed E-state index contributed by atoms with van der Waals surface area (Å²) < 4.78 is 2.00. The quantitative estimate of drug-likeness (QED) is 0.832. The SMILES string of the molecule is CCC(C)N1CCCn2nc(C(=O)N(C)C)cc2C1. The van der Waals surface area contributed by atoms with Crippen LogP contribution < -0.4 is 0 Å². The fraction of sp³-hybridized carbons (Fsp3) is 0.714. The van der Waals surface area contributed by atoms with E-state index in [1.807, 2.05) is 10.7 Å². The summed E-state index contributed by atoms with van der Waals surface area (Å²) in [5, 5.41) is 4.45. The van der Waals surface area contributed by atoms with Gasteiger partial charge in [0.1, 0.15) is 0 Å². The minimum atomic E-state index is -0.0179. The number of carbonyl (C=O) groups excluding carboxylic acids is 1. The Morgan fingerprint density at radius 2 is 2.21 bits per heavy atom. The Hall–Kier alpha value is -1.36. The topological polar surface area (TPSA) is 41.4 Å². The van der Waals surface area contributed by atoms with Crippen molar-refractivity contribution in [3.63, 3.8) is 0 Å². The number of carbonyl (C=O) groups is 1. The zero-order valence-electron chi connectivity index (χ0n) is 12.4. The molecule has 0 radical (unpaired) electrons. The first-order chi connectivity index (χ1) is 9.02. The van der Waals surface area contributed by atoms with E-state index in [1.54, 1.807) is 19.0 Å². The maximum Gasteiger partial charge on any atom is 0.273 e. The maximum atomic E-state index is 12.0. The van der Waals surface area contributed by atoms with Gasteiger partial charge in [-0.05, 0) is 25.8 Å². The number of nitrogens with zero attached hydrogens (tertiary/aromatic N) is 4. The Balaban J connectivity index is 2.20. The number of fused-ring (bicyclic) bond motifs is 1. The van der Waals surface area contributed by atoms with Gasteiger partial charge in [0, 0.05) is 39.8 Å². The minimum Gasteiger partial charge on any atom is -0.343 e. The van der Waals surface area contributed by atoms with Crippen molar-refractivity contribution in [1.82, 2.24) is 19.6 Å². The van der Waals surface area contributed by atoms with Crippen molar-refractivity contribution in [3.05, 3.63) is 17.5 Å². The molecule has 1 aliphatic heterocycles. The molecular formula is C14H24N4O. The van der Waals surface area contributed by atoms with Gasteiger partial charge in [0.05, 0.1) is 5.69 Å². The first-order valence-electron chi connectivity index (χ1n) is 7.05. The average Bonchev–Trinajstić information content (AvgIpc) is 2.68. The van der Waals surface area contributed by atoms with E-state index in [0.29, 0.717) is 11.7 Å². The van der Waals surface area contributed by atoms with Gasteiger partial charge in [0.15, 0.2) is 5.69 Å². The standard InChI is InChI=1S/C14H24N4O/c1-5-11(2)17-7-6-8-18-12(10-17)9-13(15-18)14(19)16(3)4/h9,11H,5-8,10H2,1-4H3. The lowest BCUT2D eigenvalue weighted by Gasteiger charge is -2.26. The molecule has 19 heavy (non-hydrogen) atoms. The molecule has 1 aromatic rings. The van der Waals surface area contributed by atoms with Crippen LogP contribution in [0.2, 0.25) is 0 Å². The highest BCUT2D eigenvalue weighted by molar-refractivity contribution is 5.92. The van der Waals surface area contributed by atoms with Crippen LogP contribution >= 0.6 is 0 Å². The lowest BCUT2D eigenvalue weighted by molar-refractivity contribution is 0.0821. The summed E-state index contributed by atoms with van der Waals surface area (Å²) in [6, 6.07) is 2.53. The first kappa shape index (κ1) is 14.1. The fourth-order valence-electron chi connectivity index (χ4n) is 2.46. The van der Waals surface area contributed by atoms with Crippen LogP contribution in [0.25, 0.3) is 0 Å². The summed E-state index contributed by atoms with van der Waals surface area (Å²) in [7, 11) is 3.52. The van der Waals surface area contributed by atoms with Crippen LogP contribution in [0.15, 0.2) is 6.07 Å². The number of amides is 1. The minimum absolute atomic E-state index is 0.0179. The monoisotopic (exact) mass is 264 g/mol. The number of hydrogen-bond donors (Lipinski definition) is 0. The van der Waals surface area contributed by atoms with Crippen LogP contribution in [-0.2, 0) is 13.1 Å². The highest BCUT2D eigenvalue weighted by Gasteiger charge is 2.22. The molecule has 0 bridgehead atoms. The number of rotatable bonds is 3. The highest BCUT2D eigenvalue weighted by Crippen LogP contribution is 2.17. The summed E-state index contributed by atoms with van der Waals surface area (Å²) in [4.78, 5) is 16.0. The zero-order chi connectivity index (χ0) is 14.0. The zero-order valence-corrected chi connectivity index (χ0v) is 12.4. The smallest absolute Gasteiger partial charge is 0.273 e. The Morgan fingerprint density at radius 1 is 1.47 bits per heavy atom. The molecule has 0 N–H and O–H groups in total. The van der Waals surface area contributed by atoms with Crippen LogP contribution in [0, 0.1) is 0 Å². The predicted octanol–water partition coefficient (Wildman–Crippen LogP) is 1.59. The van der Waals surface area contributed by atoms with Gasteiger partial charge in [0.25, 0.3) is 5.91 Å². The predicted molar refractivity (Wildman–Crippen MR) is 75.0 cm³/mol. The molecule has 0 saturated carbocycles. The molecule has 1 aromatic heterocycles. The molecule has 0 aliphatic carbocycles. The average molecular weight is 264 g/mol. The lowest BCUT2D eigenvalue weighted by Crippen LogP contribution is -2.32. The summed E-state index contributed by atoms with van der Waals surface area (Å²) in [5.74, 6) is -0.0179. The summed E-state index contributed by atoms with van der Waals surface area (Å²) in [5.41, 5.74) is 1.72. The Bertz CT molecular complexity index is 452. The van der Waals surface area contributed by atoms with Crippen LogP contribution in [0.4, 0.5) is 0 Å². The van der Waals surface area contributed by atoms with E-state index < -0.39 is 0 Å². The molecule has 2 heterocycles. The van der Waals surface area contributed by atoms with Gasteiger partial charge in [-0.25, -0.2) is 0 Å². The van der Waals surface area contributed by atoms with Crippen molar-refractivity contribution in [2.75, 3.05) is 20.6 Å². The molecule has 5 nitrogen and oxygen atoms in total. The third-order valence-corrected chi connectivity index (χ3v) is 3.88. The number of aryl methyl sites for hydroxylation is 1. The van der Waals surface area contributed by atoms with Gasteiger partial charge in [-0.15, -0.1) is 0 Å². The molecule has 0 saturated heterocycles. The van der Waals surface area contributed by atoms with E-state index in [1.165, 1.54) is 0 Å². The Kier molecular flexibility index (Phi) is 4.24. The summed E-state index contributed by atoms with van der Waals surface area (Å²) in [6.07, 6.45) is 2.24. The molecule has 2 rings (SSSR count). The van der Waals surface area contributed by atoms with Crippen LogP contribution in [0.3, 0.4) is 0 Å². The van der Waals surface area contributed by atoms with E-state index in [4.69, 9.17) is 0 Å². The summed E-state index contributed by atoms with van der Waals surface area (Å²) >= 11 is 0. The normalized spacial score (nSPS) is 17.7. The van der Waals surface area contributed by atoms with Crippen LogP contribution in [0.5, 0.6) is 0 Å². The molecule has 106 valence electrons. The van der Waals surface area contributed by atoms with Gasteiger partial charge in [-0.2, -0.15) is 5.10 Å². The van der Waals surface area contributed by atoms with Gasteiger partial charge in [-0.1, -0.05) is 6.92 Å².